The Hall–Kier alpha value is -1.52. The first kappa shape index (κ1) is 19.5. The predicted octanol–water partition coefficient (Wildman–Crippen LogP) is 2.83. The van der Waals surface area contributed by atoms with Crippen LogP contribution >= 0.6 is 0 Å². The average Bonchev–Trinajstić information content (AvgIpc) is 2.46. The second-order valence-electron chi connectivity index (χ2n) is 4.12. The van der Waals surface area contributed by atoms with Gasteiger partial charge in [0.05, 0.1) is 11.0 Å². The van der Waals surface area contributed by atoms with Crippen LogP contribution in [0.1, 0.15) is 0 Å². The Kier molecular flexibility index (Phi) is 6.25. The molecule has 0 aliphatic carbocycles. The van der Waals surface area contributed by atoms with Crippen LogP contribution in [0.2, 0.25) is 0 Å². The standard InChI is InChI=1S/C12H8N2.CHF3O3S.Ag/c1-3-9-5-6-10-4-2-8-14-12(10)11(9)13-7-1;2-1(3,4)8(5,6)7;/h1-8H;(H,5,6,7);/q;;+1/p-1. The summed E-state index contributed by atoms with van der Waals surface area (Å²) < 4.78 is 58.9. The maximum Gasteiger partial charge on any atom is 1.00 e. The monoisotopic (exact) mass is 436 g/mol. The first-order chi connectivity index (χ1) is 10.2. The van der Waals surface area contributed by atoms with Gasteiger partial charge < -0.3 is 4.55 Å². The van der Waals surface area contributed by atoms with Gasteiger partial charge in [-0.2, -0.15) is 13.2 Å². The SMILES string of the molecule is O=S(=O)([O-])C(F)(F)F.[Ag+].c1cnc2c(c1)ccc1cccnc12. The van der Waals surface area contributed by atoms with Crippen LogP contribution in [0.4, 0.5) is 13.2 Å². The van der Waals surface area contributed by atoms with E-state index in [1.165, 1.54) is 0 Å². The van der Waals surface area contributed by atoms with Gasteiger partial charge in [0.25, 0.3) is 0 Å². The number of rotatable bonds is 0. The van der Waals surface area contributed by atoms with Gasteiger partial charge in [0.15, 0.2) is 10.1 Å². The average molecular weight is 437 g/mol. The molecule has 0 radical (unpaired) electrons. The zero-order chi connectivity index (χ0) is 16.4. The number of alkyl halides is 3. The van der Waals surface area contributed by atoms with Crippen molar-refractivity contribution < 1.29 is 48.5 Å². The number of aromatic nitrogens is 2. The Balaban J connectivity index is 0.000000258. The van der Waals surface area contributed by atoms with Crippen LogP contribution in [0.15, 0.2) is 48.8 Å². The minimum Gasteiger partial charge on any atom is -0.741 e. The van der Waals surface area contributed by atoms with Gasteiger partial charge in [-0.3, -0.25) is 9.97 Å². The van der Waals surface area contributed by atoms with E-state index in [0.717, 1.165) is 21.8 Å². The third-order valence-electron chi connectivity index (χ3n) is 2.63. The third kappa shape index (κ3) is 4.72. The van der Waals surface area contributed by atoms with Gasteiger partial charge in [0, 0.05) is 23.2 Å². The smallest absolute Gasteiger partial charge is 0.741 e. The summed E-state index contributed by atoms with van der Waals surface area (Å²) in [5.41, 5.74) is -3.69. The van der Waals surface area contributed by atoms with Gasteiger partial charge in [-0.1, -0.05) is 24.3 Å². The van der Waals surface area contributed by atoms with Crippen molar-refractivity contribution in [1.29, 1.82) is 0 Å². The Bertz CT molecular complexity index is 862. The van der Waals surface area contributed by atoms with Gasteiger partial charge in [-0.15, -0.1) is 0 Å². The summed E-state index contributed by atoms with van der Waals surface area (Å²) >= 11 is 0. The maximum absolute atomic E-state index is 10.7. The fourth-order valence-electron chi connectivity index (χ4n) is 1.68. The van der Waals surface area contributed by atoms with Gasteiger partial charge in [-0.25, -0.2) is 8.42 Å². The molecule has 0 N–H and O–H groups in total. The Labute approximate surface area is 144 Å². The Morgan fingerprint density at radius 1 is 0.870 bits per heavy atom. The Morgan fingerprint density at radius 2 is 1.22 bits per heavy atom. The number of halogens is 3. The van der Waals surface area contributed by atoms with Gasteiger partial charge in [-0.05, 0) is 12.1 Å². The van der Waals surface area contributed by atoms with Crippen LogP contribution in [-0.2, 0) is 32.5 Å². The van der Waals surface area contributed by atoms with E-state index in [1.54, 1.807) is 12.4 Å². The van der Waals surface area contributed by atoms with Crippen LogP contribution in [-0.4, -0.2) is 28.4 Å². The zero-order valence-corrected chi connectivity index (χ0v) is 13.4. The van der Waals surface area contributed by atoms with E-state index >= 15 is 0 Å². The molecule has 0 aliphatic heterocycles. The number of hydrogen-bond donors (Lipinski definition) is 0. The number of fused-ring (bicyclic) bond motifs is 3. The van der Waals surface area contributed by atoms with E-state index in [2.05, 4.69) is 34.2 Å². The van der Waals surface area contributed by atoms with Crippen molar-refractivity contribution in [2.45, 2.75) is 5.51 Å². The van der Waals surface area contributed by atoms with Gasteiger partial charge in [0.1, 0.15) is 0 Å². The molecule has 0 aliphatic rings. The molecule has 2 aromatic heterocycles. The molecule has 0 amide bonds. The van der Waals surface area contributed by atoms with Crippen LogP contribution < -0.4 is 0 Å². The molecule has 2 heterocycles. The Morgan fingerprint density at radius 3 is 1.52 bits per heavy atom. The summed E-state index contributed by atoms with van der Waals surface area (Å²) in [5.74, 6) is 0. The molecule has 23 heavy (non-hydrogen) atoms. The summed E-state index contributed by atoms with van der Waals surface area (Å²) in [6.45, 7) is 0. The molecule has 3 rings (SSSR count). The molecule has 0 saturated carbocycles. The van der Waals surface area contributed by atoms with Crippen molar-refractivity contribution in [3.63, 3.8) is 0 Å². The van der Waals surface area contributed by atoms with E-state index in [4.69, 9.17) is 13.0 Å². The normalized spacial score (nSPS) is 11.5. The van der Waals surface area contributed by atoms with Crippen molar-refractivity contribution in [3.05, 3.63) is 48.8 Å². The zero-order valence-electron chi connectivity index (χ0n) is 11.1. The maximum atomic E-state index is 10.7. The van der Waals surface area contributed by atoms with E-state index in [1.807, 2.05) is 12.1 Å². The molecule has 126 valence electrons. The summed E-state index contributed by atoms with van der Waals surface area (Å²) in [6, 6.07) is 12.1. The number of nitrogens with zero attached hydrogens (tertiary/aromatic N) is 2. The molecule has 0 spiro atoms. The first-order valence-electron chi connectivity index (χ1n) is 5.81. The largest absolute Gasteiger partial charge is 1.00 e. The topological polar surface area (TPSA) is 83.0 Å². The van der Waals surface area contributed by atoms with Crippen LogP contribution in [0.3, 0.4) is 0 Å². The molecule has 3 aromatic rings. The van der Waals surface area contributed by atoms with Gasteiger partial charge in [0.2, 0.25) is 0 Å². The van der Waals surface area contributed by atoms with Crippen molar-refractivity contribution >= 4 is 31.9 Å². The van der Waals surface area contributed by atoms with Crippen LogP contribution in [0.5, 0.6) is 0 Å². The number of hydrogen-bond acceptors (Lipinski definition) is 5. The van der Waals surface area contributed by atoms with E-state index in [9.17, 15) is 13.2 Å². The van der Waals surface area contributed by atoms with E-state index in [-0.39, 0.29) is 22.4 Å². The third-order valence-corrected chi connectivity index (χ3v) is 3.20. The molecular weight excluding hydrogens is 429 g/mol. The first-order valence-corrected chi connectivity index (χ1v) is 7.21. The van der Waals surface area contributed by atoms with Crippen LogP contribution in [0, 0.1) is 0 Å². The van der Waals surface area contributed by atoms with Crippen molar-refractivity contribution in [2.24, 2.45) is 0 Å². The molecule has 0 unspecified atom stereocenters. The molecule has 0 bridgehead atoms. The molecule has 0 atom stereocenters. The van der Waals surface area contributed by atoms with Crippen LogP contribution in [0.25, 0.3) is 21.8 Å². The quantitative estimate of drug-likeness (QED) is 0.234. The summed E-state index contributed by atoms with van der Waals surface area (Å²) in [6.07, 6.45) is 3.60. The van der Waals surface area contributed by atoms with Gasteiger partial charge >= 0.3 is 27.9 Å². The molecule has 5 nitrogen and oxygen atoms in total. The number of pyridine rings is 2. The second kappa shape index (κ2) is 7.37. The van der Waals surface area contributed by atoms with E-state index in [0.29, 0.717) is 0 Å². The summed E-state index contributed by atoms with van der Waals surface area (Å²) in [7, 11) is -6.09. The second-order valence-corrected chi connectivity index (χ2v) is 5.49. The predicted molar refractivity (Wildman–Crippen MR) is 72.8 cm³/mol. The van der Waals surface area contributed by atoms with E-state index < -0.39 is 15.6 Å². The number of benzene rings is 1. The molecule has 0 saturated heterocycles. The minimum absolute atomic E-state index is 0. The fourth-order valence-corrected chi connectivity index (χ4v) is 1.68. The molecule has 10 heteroatoms. The van der Waals surface area contributed by atoms with Crippen molar-refractivity contribution in [2.75, 3.05) is 0 Å². The summed E-state index contributed by atoms with van der Waals surface area (Å²) in [4.78, 5) is 8.69. The molecule has 0 fully saturated rings. The summed E-state index contributed by atoms with van der Waals surface area (Å²) in [5, 5.41) is 2.28. The molecule has 1 aromatic carbocycles. The minimum atomic E-state index is -6.09. The fraction of sp³-hybridized carbons (Fsp3) is 0.0769. The molecular formula is C13H8AgF3N2O3S. The van der Waals surface area contributed by atoms with Crippen molar-refractivity contribution in [3.8, 4) is 0 Å². The van der Waals surface area contributed by atoms with Crippen molar-refractivity contribution in [1.82, 2.24) is 9.97 Å².